The molecule has 1 aliphatic carbocycles. The molecule has 2 aromatic rings. The van der Waals surface area contributed by atoms with Crippen LogP contribution in [0, 0.1) is 5.92 Å². The number of rotatable bonds is 5. The summed E-state index contributed by atoms with van der Waals surface area (Å²) in [4.78, 5) is 0.392. The molecular formula is C23H33N3O2S2. The van der Waals surface area contributed by atoms with Gasteiger partial charge in [0.1, 0.15) is 10.0 Å². The molecule has 1 saturated carbocycles. The van der Waals surface area contributed by atoms with Crippen molar-refractivity contribution in [1.82, 2.24) is 14.5 Å². The Morgan fingerprint density at radius 2 is 1.63 bits per heavy atom. The number of aromatic nitrogens is 2. The minimum atomic E-state index is -3.44. The third kappa shape index (κ3) is 4.78. The molecule has 2 aliphatic rings. The Morgan fingerprint density at radius 3 is 2.23 bits per heavy atom. The maximum atomic E-state index is 13.1. The lowest BCUT2D eigenvalue weighted by atomic mass is 9.87. The van der Waals surface area contributed by atoms with Gasteiger partial charge < -0.3 is 0 Å². The Bertz CT molecular complexity index is 947. The minimum Gasteiger partial charge on any atom is -0.207 e. The summed E-state index contributed by atoms with van der Waals surface area (Å²) >= 11 is 1.75. The van der Waals surface area contributed by atoms with Crippen molar-refractivity contribution >= 4 is 21.4 Å². The van der Waals surface area contributed by atoms with E-state index in [0.717, 1.165) is 40.8 Å². The van der Waals surface area contributed by atoms with Gasteiger partial charge in [0.15, 0.2) is 0 Å². The summed E-state index contributed by atoms with van der Waals surface area (Å²) in [7, 11) is -3.44. The molecular weight excluding hydrogens is 414 g/mol. The molecule has 7 heteroatoms. The van der Waals surface area contributed by atoms with E-state index in [1.54, 1.807) is 27.8 Å². The van der Waals surface area contributed by atoms with Crippen LogP contribution in [0.1, 0.15) is 80.8 Å². The average Bonchev–Trinajstić information content (AvgIpc) is 3.40. The van der Waals surface area contributed by atoms with Gasteiger partial charge in [-0.1, -0.05) is 58.6 Å². The average molecular weight is 448 g/mol. The third-order valence-electron chi connectivity index (χ3n) is 6.58. The van der Waals surface area contributed by atoms with Crippen molar-refractivity contribution in [2.24, 2.45) is 5.92 Å². The van der Waals surface area contributed by atoms with Crippen LogP contribution in [0.5, 0.6) is 0 Å². The predicted octanol–water partition coefficient (Wildman–Crippen LogP) is 5.14. The number of hydrogen-bond acceptors (Lipinski definition) is 5. The van der Waals surface area contributed by atoms with Crippen molar-refractivity contribution in [3.63, 3.8) is 0 Å². The first-order chi connectivity index (χ1) is 14.2. The Morgan fingerprint density at radius 1 is 1.00 bits per heavy atom. The van der Waals surface area contributed by atoms with E-state index in [0.29, 0.717) is 23.9 Å². The second-order valence-electron chi connectivity index (χ2n) is 9.84. The lowest BCUT2D eigenvalue weighted by molar-refractivity contribution is 0.318. The summed E-state index contributed by atoms with van der Waals surface area (Å²) in [6.45, 7) is 7.49. The normalized spacial score (nSPS) is 20.1. The van der Waals surface area contributed by atoms with Crippen molar-refractivity contribution < 1.29 is 8.42 Å². The van der Waals surface area contributed by atoms with E-state index >= 15 is 0 Å². The highest BCUT2D eigenvalue weighted by molar-refractivity contribution is 7.89. The molecule has 2 heterocycles. The van der Waals surface area contributed by atoms with Crippen molar-refractivity contribution in [3.8, 4) is 0 Å². The van der Waals surface area contributed by atoms with Crippen LogP contribution in [0.25, 0.3) is 0 Å². The monoisotopic (exact) mass is 447 g/mol. The van der Waals surface area contributed by atoms with Gasteiger partial charge in [0, 0.05) is 25.4 Å². The zero-order valence-electron chi connectivity index (χ0n) is 18.3. The van der Waals surface area contributed by atoms with E-state index in [1.807, 2.05) is 12.1 Å². The van der Waals surface area contributed by atoms with Crippen LogP contribution in [0.15, 0.2) is 29.2 Å². The molecule has 30 heavy (non-hydrogen) atoms. The molecule has 4 rings (SSSR count). The smallest absolute Gasteiger partial charge is 0.207 e. The standard InChI is InChI=1S/C23H33N3O2S2/c1-23(2,3)19-8-10-20(11-9-19)30(27,28)26-14-12-18(13-15-26)22-25-24-21(29-22)16-17-6-4-5-7-17/h8-11,17-18H,4-7,12-16H2,1-3H3. The number of sulfonamides is 1. The fraction of sp³-hybridized carbons (Fsp3) is 0.652. The molecule has 2 fully saturated rings. The summed E-state index contributed by atoms with van der Waals surface area (Å²) in [5.74, 6) is 1.11. The van der Waals surface area contributed by atoms with Gasteiger partial charge in [0.25, 0.3) is 0 Å². The number of piperidine rings is 1. The second-order valence-corrected chi connectivity index (χ2v) is 12.9. The molecule has 1 saturated heterocycles. The zero-order chi connectivity index (χ0) is 21.4. The van der Waals surface area contributed by atoms with Gasteiger partial charge in [0.2, 0.25) is 10.0 Å². The Labute approximate surface area is 185 Å². The maximum Gasteiger partial charge on any atom is 0.243 e. The molecule has 1 aromatic carbocycles. The molecule has 0 N–H and O–H groups in total. The van der Waals surface area contributed by atoms with Gasteiger partial charge in [0.05, 0.1) is 4.90 Å². The SMILES string of the molecule is CC(C)(C)c1ccc(S(=O)(=O)N2CCC(c3nnc(CC4CCCC4)s3)CC2)cc1. The Kier molecular flexibility index (Phi) is 6.33. The van der Waals surface area contributed by atoms with Crippen LogP contribution in [0.2, 0.25) is 0 Å². The van der Waals surface area contributed by atoms with Gasteiger partial charge >= 0.3 is 0 Å². The quantitative estimate of drug-likeness (QED) is 0.637. The number of hydrogen-bond donors (Lipinski definition) is 0. The molecule has 0 amide bonds. The largest absolute Gasteiger partial charge is 0.243 e. The number of nitrogens with zero attached hydrogens (tertiary/aromatic N) is 3. The fourth-order valence-corrected chi connectivity index (χ4v) is 7.19. The summed E-state index contributed by atoms with van der Waals surface area (Å²) in [6.07, 6.45) is 8.04. The second kappa shape index (κ2) is 8.67. The van der Waals surface area contributed by atoms with Gasteiger partial charge in [-0.3, -0.25) is 0 Å². The fourth-order valence-electron chi connectivity index (χ4n) is 4.59. The molecule has 5 nitrogen and oxygen atoms in total. The molecule has 0 radical (unpaired) electrons. The Balaban J connectivity index is 1.37. The van der Waals surface area contributed by atoms with Gasteiger partial charge in [-0.2, -0.15) is 4.31 Å². The maximum absolute atomic E-state index is 13.1. The van der Waals surface area contributed by atoms with Crippen molar-refractivity contribution in [1.29, 1.82) is 0 Å². The highest BCUT2D eigenvalue weighted by Crippen LogP contribution is 2.35. The minimum absolute atomic E-state index is 0.0129. The zero-order valence-corrected chi connectivity index (χ0v) is 19.9. The molecule has 0 bridgehead atoms. The first-order valence-electron chi connectivity index (χ1n) is 11.2. The molecule has 1 aromatic heterocycles. The summed E-state index contributed by atoms with van der Waals surface area (Å²) in [5.41, 5.74) is 1.16. The van der Waals surface area contributed by atoms with Crippen LogP contribution >= 0.6 is 11.3 Å². The topological polar surface area (TPSA) is 63.2 Å². The van der Waals surface area contributed by atoms with Crippen molar-refractivity contribution in [3.05, 3.63) is 39.8 Å². The first-order valence-corrected chi connectivity index (χ1v) is 13.4. The first kappa shape index (κ1) is 21.9. The highest BCUT2D eigenvalue weighted by atomic mass is 32.2. The lowest BCUT2D eigenvalue weighted by Crippen LogP contribution is -2.37. The molecule has 0 spiro atoms. The van der Waals surface area contributed by atoms with Crippen molar-refractivity contribution in [2.45, 2.75) is 81.9 Å². The molecule has 164 valence electrons. The van der Waals surface area contributed by atoms with Crippen LogP contribution in [-0.2, 0) is 21.9 Å². The number of benzene rings is 1. The summed E-state index contributed by atoms with van der Waals surface area (Å²) < 4.78 is 27.8. The van der Waals surface area contributed by atoms with Crippen LogP contribution < -0.4 is 0 Å². The van der Waals surface area contributed by atoms with Gasteiger partial charge in [-0.15, -0.1) is 21.5 Å². The van der Waals surface area contributed by atoms with Crippen LogP contribution in [0.4, 0.5) is 0 Å². The Hall–Kier alpha value is -1.31. The highest BCUT2D eigenvalue weighted by Gasteiger charge is 2.31. The summed E-state index contributed by atoms with van der Waals surface area (Å²) in [5, 5.41) is 11.1. The van der Waals surface area contributed by atoms with Crippen LogP contribution in [0.3, 0.4) is 0 Å². The van der Waals surface area contributed by atoms with E-state index < -0.39 is 10.0 Å². The van der Waals surface area contributed by atoms with Crippen LogP contribution in [-0.4, -0.2) is 36.0 Å². The van der Waals surface area contributed by atoms with E-state index in [9.17, 15) is 8.42 Å². The molecule has 0 unspecified atom stereocenters. The lowest BCUT2D eigenvalue weighted by Gasteiger charge is -2.30. The van der Waals surface area contributed by atoms with E-state index in [-0.39, 0.29) is 5.41 Å². The molecule has 0 atom stereocenters. The van der Waals surface area contributed by atoms with E-state index in [2.05, 4.69) is 31.0 Å². The van der Waals surface area contributed by atoms with E-state index in [4.69, 9.17) is 0 Å². The van der Waals surface area contributed by atoms with Gasteiger partial charge in [-0.05, 0) is 41.9 Å². The van der Waals surface area contributed by atoms with E-state index in [1.165, 1.54) is 25.7 Å². The predicted molar refractivity (Wildman–Crippen MR) is 121 cm³/mol. The van der Waals surface area contributed by atoms with Gasteiger partial charge in [-0.25, -0.2) is 8.42 Å². The summed E-state index contributed by atoms with van der Waals surface area (Å²) in [6, 6.07) is 7.38. The third-order valence-corrected chi connectivity index (χ3v) is 9.60. The van der Waals surface area contributed by atoms with Crippen molar-refractivity contribution in [2.75, 3.05) is 13.1 Å². The molecule has 1 aliphatic heterocycles.